The second kappa shape index (κ2) is 4.48. The Bertz CT molecular complexity index is 833. The molecule has 0 spiro atoms. The summed E-state index contributed by atoms with van der Waals surface area (Å²) in [5.41, 5.74) is 6.46. The van der Waals surface area contributed by atoms with Crippen LogP contribution in [-0.2, 0) is 6.42 Å². The van der Waals surface area contributed by atoms with E-state index in [2.05, 4.69) is 57.4 Å². The fourth-order valence-electron chi connectivity index (χ4n) is 3.01. The maximum absolute atomic E-state index is 4.46. The molecule has 0 saturated heterocycles. The van der Waals surface area contributed by atoms with E-state index < -0.39 is 0 Å². The van der Waals surface area contributed by atoms with Gasteiger partial charge in [-0.05, 0) is 48.6 Å². The van der Waals surface area contributed by atoms with Gasteiger partial charge in [-0.1, -0.05) is 36.4 Å². The van der Waals surface area contributed by atoms with E-state index in [0.717, 1.165) is 29.5 Å². The number of fused-ring (bicyclic) bond motifs is 3. The average molecular weight is 273 g/mol. The van der Waals surface area contributed by atoms with Gasteiger partial charge >= 0.3 is 0 Å². The molecule has 1 aliphatic rings. The van der Waals surface area contributed by atoms with Gasteiger partial charge in [0.1, 0.15) is 11.6 Å². The van der Waals surface area contributed by atoms with Gasteiger partial charge in [-0.15, -0.1) is 0 Å². The molecule has 0 N–H and O–H groups in total. The van der Waals surface area contributed by atoms with Gasteiger partial charge in [-0.25, -0.2) is 15.0 Å². The lowest BCUT2D eigenvalue weighted by Gasteiger charge is -2.06. The number of aromatic nitrogens is 3. The van der Waals surface area contributed by atoms with Gasteiger partial charge in [0, 0.05) is 5.56 Å². The summed E-state index contributed by atoms with van der Waals surface area (Å²) in [7, 11) is 0. The Morgan fingerprint density at radius 3 is 2.29 bits per heavy atom. The van der Waals surface area contributed by atoms with Crippen LogP contribution in [0.25, 0.3) is 22.5 Å². The summed E-state index contributed by atoms with van der Waals surface area (Å²) in [6.07, 6.45) is 1.01. The van der Waals surface area contributed by atoms with E-state index >= 15 is 0 Å². The molecule has 1 aliphatic carbocycles. The lowest BCUT2D eigenvalue weighted by molar-refractivity contribution is 0.928. The summed E-state index contributed by atoms with van der Waals surface area (Å²) >= 11 is 0. The number of hydrogen-bond donors (Lipinski definition) is 0. The first-order valence-electron chi connectivity index (χ1n) is 7.11. The zero-order chi connectivity index (χ0) is 14.4. The van der Waals surface area contributed by atoms with E-state index in [0.29, 0.717) is 0 Å². The molecule has 3 nitrogen and oxygen atoms in total. The third-order valence-corrected chi connectivity index (χ3v) is 3.92. The fourth-order valence-corrected chi connectivity index (χ4v) is 3.01. The number of hydrogen-bond acceptors (Lipinski definition) is 3. The van der Waals surface area contributed by atoms with Crippen LogP contribution in [-0.4, -0.2) is 15.0 Å². The maximum atomic E-state index is 4.46. The van der Waals surface area contributed by atoms with Crippen LogP contribution >= 0.6 is 0 Å². The Kier molecular flexibility index (Phi) is 2.61. The largest absolute Gasteiger partial charge is 0.219 e. The van der Waals surface area contributed by atoms with Gasteiger partial charge in [0.05, 0.1) is 0 Å². The highest BCUT2D eigenvalue weighted by molar-refractivity contribution is 5.80. The minimum atomic E-state index is 0.757. The molecular weight excluding hydrogens is 258 g/mol. The first-order valence-corrected chi connectivity index (χ1v) is 7.11. The Hall–Kier alpha value is -2.55. The summed E-state index contributed by atoms with van der Waals surface area (Å²) in [5.74, 6) is 2.28. The quantitative estimate of drug-likeness (QED) is 0.530. The molecule has 0 bridgehead atoms. The SMILES string of the molecule is Cc1nc(C)nc(-c2ccc3c(c2)-c2ccccc2C3)n1. The molecule has 0 atom stereocenters. The Morgan fingerprint density at radius 1 is 0.762 bits per heavy atom. The van der Waals surface area contributed by atoms with Crippen LogP contribution in [0.4, 0.5) is 0 Å². The van der Waals surface area contributed by atoms with Gasteiger partial charge < -0.3 is 0 Å². The minimum Gasteiger partial charge on any atom is -0.219 e. The van der Waals surface area contributed by atoms with Crippen molar-refractivity contribution in [1.82, 2.24) is 15.0 Å². The van der Waals surface area contributed by atoms with Crippen molar-refractivity contribution >= 4 is 0 Å². The normalized spacial score (nSPS) is 12.1. The summed E-state index contributed by atoms with van der Waals surface area (Å²) in [5, 5.41) is 0. The topological polar surface area (TPSA) is 38.7 Å². The smallest absolute Gasteiger partial charge is 0.163 e. The van der Waals surface area contributed by atoms with Gasteiger partial charge in [0.2, 0.25) is 0 Å². The van der Waals surface area contributed by atoms with Crippen LogP contribution in [0.15, 0.2) is 42.5 Å². The highest BCUT2D eigenvalue weighted by Crippen LogP contribution is 2.38. The van der Waals surface area contributed by atoms with E-state index in [1.807, 2.05) is 13.8 Å². The van der Waals surface area contributed by atoms with E-state index in [1.165, 1.54) is 22.3 Å². The average Bonchev–Trinajstić information content (AvgIpc) is 2.84. The molecule has 0 saturated carbocycles. The van der Waals surface area contributed by atoms with Crippen LogP contribution in [0.2, 0.25) is 0 Å². The van der Waals surface area contributed by atoms with Crippen molar-refractivity contribution in [2.45, 2.75) is 20.3 Å². The van der Waals surface area contributed by atoms with Gasteiger partial charge in [-0.3, -0.25) is 0 Å². The van der Waals surface area contributed by atoms with E-state index in [9.17, 15) is 0 Å². The molecule has 102 valence electrons. The lowest BCUT2D eigenvalue weighted by Crippen LogP contribution is -1.99. The molecule has 0 fully saturated rings. The predicted molar refractivity (Wildman–Crippen MR) is 83.0 cm³/mol. The molecule has 0 amide bonds. The lowest BCUT2D eigenvalue weighted by atomic mass is 10.0. The van der Waals surface area contributed by atoms with E-state index in [4.69, 9.17) is 0 Å². The van der Waals surface area contributed by atoms with Crippen molar-refractivity contribution in [2.24, 2.45) is 0 Å². The summed E-state index contributed by atoms with van der Waals surface area (Å²) < 4.78 is 0. The molecule has 1 aromatic heterocycles. The molecule has 4 rings (SSSR count). The number of benzene rings is 2. The van der Waals surface area contributed by atoms with Crippen LogP contribution in [0, 0.1) is 13.8 Å². The predicted octanol–water partition coefficient (Wildman–Crippen LogP) is 3.73. The van der Waals surface area contributed by atoms with Crippen LogP contribution < -0.4 is 0 Å². The standard InChI is InChI=1S/C18H15N3/c1-11-19-12(2)21-18(20-11)15-8-7-14-9-13-5-3-4-6-16(13)17(14)10-15/h3-8,10H,9H2,1-2H3. The Morgan fingerprint density at radius 2 is 1.48 bits per heavy atom. The molecule has 1 heterocycles. The molecular formula is C18H15N3. The summed E-state index contributed by atoms with van der Waals surface area (Å²) in [6, 6.07) is 15.1. The minimum absolute atomic E-state index is 0.757. The van der Waals surface area contributed by atoms with Crippen LogP contribution in [0.3, 0.4) is 0 Å². The van der Waals surface area contributed by atoms with Crippen molar-refractivity contribution in [3.05, 3.63) is 65.2 Å². The first kappa shape index (κ1) is 12.2. The second-order valence-electron chi connectivity index (χ2n) is 5.46. The number of rotatable bonds is 1. The molecule has 3 heteroatoms. The van der Waals surface area contributed by atoms with Gasteiger partial charge in [0.25, 0.3) is 0 Å². The molecule has 0 aliphatic heterocycles. The Balaban J connectivity index is 1.88. The molecule has 2 aromatic carbocycles. The first-order chi connectivity index (χ1) is 10.2. The van der Waals surface area contributed by atoms with Crippen molar-refractivity contribution in [1.29, 1.82) is 0 Å². The monoisotopic (exact) mass is 273 g/mol. The summed E-state index contributed by atoms with van der Waals surface area (Å²) in [4.78, 5) is 13.2. The third-order valence-electron chi connectivity index (χ3n) is 3.92. The third kappa shape index (κ3) is 2.02. The second-order valence-corrected chi connectivity index (χ2v) is 5.46. The molecule has 0 radical (unpaired) electrons. The van der Waals surface area contributed by atoms with E-state index in [1.54, 1.807) is 0 Å². The number of nitrogens with zero attached hydrogens (tertiary/aromatic N) is 3. The van der Waals surface area contributed by atoms with E-state index in [-0.39, 0.29) is 0 Å². The van der Waals surface area contributed by atoms with Gasteiger partial charge in [-0.2, -0.15) is 0 Å². The number of aryl methyl sites for hydroxylation is 2. The van der Waals surface area contributed by atoms with Crippen molar-refractivity contribution in [3.8, 4) is 22.5 Å². The van der Waals surface area contributed by atoms with Crippen LogP contribution in [0.5, 0.6) is 0 Å². The molecule has 0 unspecified atom stereocenters. The highest BCUT2D eigenvalue weighted by atomic mass is 15.0. The Labute approximate surface area is 123 Å². The zero-order valence-electron chi connectivity index (χ0n) is 12.1. The van der Waals surface area contributed by atoms with Gasteiger partial charge in [0.15, 0.2) is 5.82 Å². The maximum Gasteiger partial charge on any atom is 0.163 e. The zero-order valence-corrected chi connectivity index (χ0v) is 12.1. The summed E-state index contributed by atoms with van der Waals surface area (Å²) in [6.45, 7) is 3.81. The van der Waals surface area contributed by atoms with Crippen molar-refractivity contribution in [2.75, 3.05) is 0 Å². The van der Waals surface area contributed by atoms with Crippen molar-refractivity contribution < 1.29 is 0 Å². The van der Waals surface area contributed by atoms with Crippen LogP contribution in [0.1, 0.15) is 22.8 Å². The highest BCUT2D eigenvalue weighted by Gasteiger charge is 2.18. The molecule has 3 aromatic rings. The fraction of sp³-hybridized carbons (Fsp3) is 0.167. The van der Waals surface area contributed by atoms with Crippen molar-refractivity contribution in [3.63, 3.8) is 0 Å². The molecule has 21 heavy (non-hydrogen) atoms.